The lowest BCUT2D eigenvalue weighted by Crippen LogP contribution is -2.40. The zero-order chi connectivity index (χ0) is 11.1. The van der Waals surface area contributed by atoms with Gasteiger partial charge in [0.2, 0.25) is 0 Å². The summed E-state index contributed by atoms with van der Waals surface area (Å²) < 4.78 is 1.26. The minimum Gasteiger partial charge on any atom is -0.332 e. The highest BCUT2D eigenvalue weighted by atomic mass is 32.2. The normalized spacial score (nSPS) is 32.3. The first kappa shape index (κ1) is 10.8. The van der Waals surface area contributed by atoms with Crippen LogP contribution in [0.3, 0.4) is 0 Å². The molecule has 4 heteroatoms. The molecular formula is C12H15NOS2. The summed E-state index contributed by atoms with van der Waals surface area (Å²) in [6.45, 7) is 3.04. The zero-order valence-corrected chi connectivity index (χ0v) is 10.9. The number of nitrogens with zero attached hydrogens (tertiary/aromatic N) is 1. The van der Waals surface area contributed by atoms with Crippen molar-refractivity contribution in [2.45, 2.75) is 37.5 Å². The predicted octanol–water partition coefficient (Wildman–Crippen LogP) is 2.97. The number of carbonyl (C=O) groups excluding carboxylic acids is 1. The standard InChI is InChI=1S/C12H15NOS2/c1-2-4-13-8-3-5-15-12-10(11(13)14)7-9(6-8)16-12/h3,5,8-9H,2,4,6-7H2,1H3. The Balaban J connectivity index is 2.02. The largest absolute Gasteiger partial charge is 0.332 e. The first-order chi connectivity index (χ1) is 7.79. The molecule has 4 aliphatic heterocycles. The maximum Gasteiger partial charge on any atom is 0.251 e. The summed E-state index contributed by atoms with van der Waals surface area (Å²) >= 11 is 3.66. The fourth-order valence-corrected chi connectivity index (χ4v) is 5.24. The molecule has 4 bridgehead atoms. The number of hydrogen-bond donors (Lipinski definition) is 0. The van der Waals surface area contributed by atoms with Crippen LogP contribution in [0.5, 0.6) is 0 Å². The van der Waals surface area contributed by atoms with Gasteiger partial charge in [-0.3, -0.25) is 4.79 Å². The Labute approximate surface area is 105 Å². The van der Waals surface area contributed by atoms with E-state index < -0.39 is 0 Å². The Bertz CT molecular complexity index is 388. The average molecular weight is 253 g/mol. The molecule has 1 fully saturated rings. The Morgan fingerprint density at radius 1 is 1.56 bits per heavy atom. The Morgan fingerprint density at radius 2 is 2.44 bits per heavy atom. The molecule has 2 nitrogen and oxygen atoms in total. The van der Waals surface area contributed by atoms with Crippen molar-refractivity contribution in [2.24, 2.45) is 0 Å². The molecule has 1 saturated heterocycles. The molecule has 2 atom stereocenters. The third-order valence-corrected chi connectivity index (χ3v) is 5.80. The van der Waals surface area contributed by atoms with E-state index in [0.29, 0.717) is 17.2 Å². The van der Waals surface area contributed by atoms with Gasteiger partial charge in [0.15, 0.2) is 0 Å². The van der Waals surface area contributed by atoms with Crippen molar-refractivity contribution in [2.75, 3.05) is 6.54 Å². The quantitative estimate of drug-likeness (QED) is 0.754. The van der Waals surface area contributed by atoms with Crippen LogP contribution in [-0.4, -0.2) is 28.6 Å². The van der Waals surface area contributed by atoms with E-state index in [0.717, 1.165) is 31.4 Å². The molecule has 0 spiro atoms. The summed E-state index contributed by atoms with van der Waals surface area (Å²) in [4.78, 5) is 14.5. The van der Waals surface area contributed by atoms with Crippen molar-refractivity contribution in [1.82, 2.24) is 4.90 Å². The molecule has 16 heavy (non-hydrogen) atoms. The first-order valence-corrected chi connectivity index (χ1v) is 7.59. The van der Waals surface area contributed by atoms with Crippen LogP contribution in [-0.2, 0) is 4.79 Å². The van der Waals surface area contributed by atoms with Gasteiger partial charge in [-0.15, -0.1) is 11.8 Å². The Morgan fingerprint density at radius 3 is 3.25 bits per heavy atom. The fourth-order valence-electron chi connectivity index (χ4n) is 2.58. The summed E-state index contributed by atoms with van der Waals surface area (Å²) in [6, 6.07) is 0.330. The van der Waals surface area contributed by atoms with E-state index in [2.05, 4.69) is 23.3 Å². The highest BCUT2D eigenvalue weighted by Gasteiger charge is 2.39. The minimum atomic E-state index is 0.297. The van der Waals surface area contributed by atoms with Crippen LogP contribution in [0.25, 0.3) is 0 Å². The smallest absolute Gasteiger partial charge is 0.251 e. The third-order valence-electron chi connectivity index (χ3n) is 3.32. The monoisotopic (exact) mass is 253 g/mol. The van der Waals surface area contributed by atoms with E-state index >= 15 is 0 Å². The van der Waals surface area contributed by atoms with Crippen molar-refractivity contribution >= 4 is 29.4 Å². The van der Waals surface area contributed by atoms with Crippen molar-refractivity contribution in [3.8, 4) is 0 Å². The Hall–Kier alpha value is -0.350. The lowest BCUT2D eigenvalue weighted by Gasteiger charge is -2.31. The fraction of sp³-hybridized carbons (Fsp3) is 0.583. The van der Waals surface area contributed by atoms with E-state index in [1.54, 1.807) is 11.8 Å². The van der Waals surface area contributed by atoms with E-state index in [1.807, 2.05) is 11.8 Å². The van der Waals surface area contributed by atoms with Gasteiger partial charge in [-0.25, -0.2) is 0 Å². The average Bonchev–Trinajstić information content (AvgIpc) is 2.60. The maximum absolute atomic E-state index is 12.4. The number of fused-ring (bicyclic) bond motifs is 2. The van der Waals surface area contributed by atoms with Gasteiger partial charge in [0.1, 0.15) is 0 Å². The lowest BCUT2D eigenvalue weighted by atomic mass is 10.1. The van der Waals surface area contributed by atoms with Crippen molar-refractivity contribution in [3.63, 3.8) is 0 Å². The molecule has 2 unspecified atom stereocenters. The number of rotatable bonds is 2. The van der Waals surface area contributed by atoms with Gasteiger partial charge in [0.05, 0.1) is 10.3 Å². The highest BCUT2D eigenvalue weighted by molar-refractivity contribution is 8.24. The first-order valence-electron chi connectivity index (χ1n) is 5.83. The van der Waals surface area contributed by atoms with Crippen LogP contribution in [0.4, 0.5) is 0 Å². The topological polar surface area (TPSA) is 20.3 Å². The van der Waals surface area contributed by atoms with Crippen LogP contribution >= 0.6 is 23.5 Å². The number of hydrogen-bond acceptors (Lipinski definition) is 3. The molecule has 4 heterocycles. The molecule has 0 aromatic heterocycles. The van der Waals surface area contributed by atoms with Crippen molar-refractivity contribution in [3.05, 3.63) is 21.3 Å². The number of thioether (sulfide) groups is 2. The Kier molecular flexibility index (Phi) is 2.80. The second-order valence-electron chi connectivity index (χ2n) is 4.46. The molecule has 0 radical (unpaired) electrons. The van der Waals surface area contributed by atoms with Crippen molar-refractivity contribution < 1.29 is 4.79 Å². The zero-order valence-electron chi connectivity index (χ0n) is 9.31. The summed E-state index contributed by atoms with van der Waals surface area (Å²) in [5, 5.41) is 2.81. The second kappa shape index (κ2) is 4.15. The van der Waals surface area contributed by atoms with Crippen LogP contribution in [0.2, 0.25) is 0 Å². The van der Waals surface area contributed by atoms with Crippen molar-refractivity contribution in [1.29, 1.82) is 0 Å². The molecule has 0 aromatic carbocycles. The summed E-state index contributed by atoms with van der Waals surface area (Å²) in [5.74, 6) is 0.297. The molecule has 0 aliphatic carbocycles. The SMILES string of the molecule is CCCN1C(=O)C2=C3SC=CC1CC(C2)S3. The number of amides is 1. The second-order valence-corrected chi connectivity index (χ2v) is 6.94. The molecule has 0 N–H and O–H groups in total. The van der Waals surface area contributed by atoms with E-state index in [4.69, 9.17) is 0 Å². The predicted molar refractivity (Wildman–Crippen MR) is 70.2 cm³/mol. The minimum absolute atomic E-state index is 0.297. The summed E-state index contributed by atoms with van der Waals surface area (Å²) in [7, 11) is 0. The molecule has 4 aliphatic rings. The van der Waals surface area contributed by atoms with Gasteiger partial charge in [-0.05, 0) is 24.7 Å². The van der Waals surface area contributed by atoms with Gasteiger partial charge in [0, 0.05) is 17.4 Å². The van der Waals surface area contributed by atoms with Crippen LogP contribution in [0.1, 0.15) is 26.2 Å². The van der Waals surface area contributed by atoms with Gasteiger partial charge in [-0.2, -0.15) is 0 Å². The van der Waals surface area contributed by atoms with Crippen LogP contribution < -0.4 is 0 Å². The van der Waals surface area contributed by atoms with Crippen LogP contribution in [0.15, 0.2) is 21.3 Å². The number of carbonyl (C=O) groups is 1. The van der Waals surface area contributed by atoms with E-state index in [1.165, 1.54) is 4.24 Å². The summed E-state index contributed by atoms with van der Waals surface area (Å²) in [6.07, 6.45) is 5.38. The molecule has 4 rings (SSSR count). The van der Waals surface area contributed by atoms with Gasteiger partial charge in [0.25, 0.3) is 5.91 Å². The highest BCUT2D eigenvalue weighted by Crippen LogP contribution is 2.50. The van der Waals surface area contributed by atoms with Gasteiger partial charge >= 0.3 is 0 Å². The van der Waals surface area contributed by atoms with Gasteiger partial charge < -0.3 is 4.90 Å². The van der Waals surface area contributed by atoms with E-state index in [9.17, 15) is 4.79 Å². The maximum atomic E-state index is 12.4. The lowest BCUT2D eigenvalue weighted by molar-refractivity contribution is -0.128. The molecule has 86 valence electrons. The van der Waals surface area contributed by atoms with E-state index in [-0.39, 0.29) is 0 Å². The molecular weight excluding hydrogens is 238 g/mol. The summed E-state index contributed by atoms with van der Waals surface area (Å²) in [5.41, 5.74) is 1.08. The molecule has 1 amide bonds. The molecule has 0 aromatic rings. The third kappa shape index (κ3) is 1.63. The van der Waals surface area contributed by atoms with Crippen LogP contribution in [0, 0.1) is 0 Å². The van der Waals surface area contributed by atoms with Gasteiger partial charge in [-0.1, -0.05) is 24.8 Å². The molecule has 0 saturated carbocycles.